The second-order valence-corrected chi connectivity index (χ2v) is 13.8. The summed E-state index contributed by atoms with van der Waals surface area (Å²) in [6.45, 7) is 3.38. The number of aryl methyl sites for hydroxylation is 1. The number of carbonyl (C=O) groups is 1. The fourth-order valence-corrected chi connectivity index (χ4v) is 6.77. The molecule has 4 rings (SSSR count). The molecule has 2 aliphatic rings. The minimum atomic E-state index is -3.99. The summed E-state index contributed by atoms with van der Waals surface area (Å²) in [7, 11) is -7.30. The van der Waals surface area contributed by atoms with E-state index in [0.717, 1.165) is 17.4 Å². The van der Waals surface area contributed by atoms with Crippen LogP contribution < -0.4 is 0 Å². The molecule has 2 amide bonds. The second kappa shape index (κ2) is 11.1. The van der Waals surface area contributed by atoms with Gasteiger partial charge in [0.2, 0.25) is 10.0 Å². The SMILES string of the molecule is Cc1ccc(S(=O)(=O)OCC2CN(C(=O)N3CCN(S(C)(=O)=O)CC3)CC2c2ccc(Cl)c(Cl)c2)cc1. The maximum atomic E-state index is 13.3. The van der Waals surface area contributed by atoms with Crippen LogP contribution in [-0.2, 0) is 24.3 Å². The maximum Gasteiger partial charge on any atom is 0.320 e. The van der Waals surface area contributed by atoms with E-state index >= 15 is 0 Å². The lowest BCUT2D eigenvalue weighted by Gasteiger charge is -2.35. The molecule has 37 heavy (non-hydrogen) atoms. The minimum Gasteiger partial charge on any atom is -0.324 e. The number of hydrogen-bond acceptors (Lipinski definition) is 6. The number of carbonyl (C=O) groups excluding carboxylic acids is 1. The zero-order valence-corrected chi connectivity index (χ0v) is 23.7. The van der Waals surface area contributed by atoms with E-state index in [1.807, 2.05) is 13.0 Å². The predicted molar refractivity (Wildman–Crippen MR) is 142 cm³/mol. The van der Waals surface area contributed by atoms with Gasteiger partial charge in [-0.25, -0.2) is 13.2 Å². The maximum absolute atomic E-state index is 13.3. The molecule has 202 valence electrons. The Morgan fingerprint density at radius 3 is 2.16 bits per heavy atom. The van der Waals surface area contributed by atoms with Crippen molar-refractivity contribution in [3.8, 4) is 0 Å². The lowest BCUT2D eigenvalue weighted by atomic mass is 9.89. The van der Waals surface area contributed by atoms with Crippen molar-refractivity contribution in [1.29, 1.82) is 0 Å². The first-order valence-corrected chi connectivity index (χ1v) is 15.8. The molecule has 0 aliphatic carbocycles. The second-order valence-electron chi connectivity index (χ2n) is 9.43. The Balaban J connectivity index is 1.51. The number of nitrogens with zero attached hydrogens (tertiary/aromatic N) is 3. The van der Waals surface area contributed by atoms with Crippen LogP contribution in [0, 0.1) is 12.8 Å². The Bertz CT molecular complexity index is 1360. The van der Waals surface area contributed by atoms with Crippen LogP contribution in [0.25, 0.3) is 0 Å². The van der Waals surface area contributed by atoms with Crippen molar-refractivity contribution < 1.29 is 25.8 Å². The Kier molecular flexibility index (Phi) is 8.42. The van der Waals surface area contributed by atoms with Crippen LogP contribution in [0.3, 0.4) is 0 Å². The van der Waals surface area contributed by atoms with E-state index in [0.29, 0.717) is 16.6 Å². The van der Waals surface area contributed by atoms with Crippen molar-refractivity contribution >= 4 is 49.4 Å². The summed E-state index contributed by atoms with van der Waals surface area (Å²) in [6.07, 6.45) is 1.15. The van der Waals surface area contributed by atoms with Gasteiger partial charge in [-0.15, -0.1) is 0 Å². The molecule has 2 unspecified atom stereocenters. The summed E-state index contributed by atoms with van der Waals surface area (Å²) >= 11 is 12.3. The van der Waals surface area contributed by atoms with Gasteiger partial charge in [0.1, 0.15) is 0 Å². The summed E-state index contributed by atoms with van der Waals surface area (Å²) < 4.78 is 56.1. The number of urea groups is 1. The summed E-state index contributed by atoms with van der Waals surface area (Å²) in [6, 6.07) is 11.4. The third kappa shape index (κ3) is 6.58. The molecule has 2 saturated heterocycles. The van der Waals surface area contributed by atoms with Gasteiger partial charge in [-0.1, -0.05) is 47.0 Å². The fraction of sp³-hybridized carbons (Fsp3) is 0.458. The topological polar surface area (TPSA) is 104 Å². The van der Waals surface area contributed by atoms with E-state index in [4.69, 9.17) is 27.4 Å². The van der Waals surface area contributed by atoms with E-state index in [2.05, 4.69) is 0 Å². The van der Waals surface area contributed by atoms with Crippen molar-refractivity contribution in [2.75, 3.05) is 52.1 Å². The molecular formula is C24H29Cl2N3O6S2. The highest BCUT2D eigenvalue weighted by molar-refractivity contribution is 7.88. The van der Waals surface area contributed by atoms with Crippen LogP contribution in [-0.4, -0.2) is 89.1 Å². The van der Waals surface area contributed by atoms with Crippen molar-refractivity contribution in [3.63, 3.8) is 0 Å². The number of hydrogen-bond donors (Lipinski definition) is 0. The number of likely N-dealkylation sites (tertiary alicyclic amines) is 1. The Morgan fingerprint density at radius 2 is 1.57 bits per heavy atom. The quantitative estimate of drug-likeness (QED) is 0.478. The molecule has 0 saturated carbocycles. The molecule has 2 atom stereocenters. The van der Waals surface area contributed by atoms with Crippen LogP contribution in [0.15, 0.2) is 47.4 Å². The van der Waals surface area contributed by atoms with Crippen LogP contribution in [0.2, 0.25) is 10.0 Å². The average molecular weight is 591 g/mol. The molecule has 2 aromatic carbocycles. The van der Waals surface area contributed by atoms with Gasteiger partial charge in [0.25, 0.3) is 10.1 Å². The summed E-state index contributed by atoms with van der Waals surface area (Å²) in [5.41, 5.74) is 1.76. The molecule has 0 bridgehead atoms. The monoisotopic (exact) mass is 589 g/mol. The van der Waals surface area contributed by atoms with E-state index < -0.39 is 20.1 Å². The van der Waals surface area contributed by atoms with Gasteiger partial charge in [0, 0.05) is 51.1 Å². The standard InChI is InChI=1S/C24H29Cl2N3O6S2/c1-17-3-6-20(7-4-17)37(33,34)35-16-19-14-28(15-21(19)18-5-8-22(25)23(26)13-18)24(30)27-9-11-29(12-10-27)36(2,31)32/h3-8,13,19,21H,9-12,14-16H2,1-2H3. The van der Waals surface area contributed by atoms with Gasteiger partial charge in [-0.3, -0.25) is 4.18 Å². The summed E-state index contributed by atoms with van der Waals surface area (Å²) in [5, 5.41) is 0.766. The first-order valence-electron chi connectivity index (χ1n) is 11.7. The van der Waals surface area contributed by atoms with Gasteiger partial charge in [-0.05, 0) is 36.8 Å². The lowest BCUT2D eigenvalue weighted by Crippen LogP contribution is -2.53. The average Bonchev–Trinajstić information content (AvgIpc) is 3.28. The van der Waals surface area contributed by atoms with Gasteiger partial charge in [0.05, 0.1) is 27.8 Å². The molecule has 13 heteroatoms. The molecule has 0 N–H and O–H groups in total. The molecule has 0 spiro atoms. The number of sulfonamides is 1. The molecule has 2 fully saturated rings. The van der Waals surface area contributed by atoms with Crippen LogP contribution in [0.5, 0.6) is 0 Å². The highest BCUT2D eigenvalue weighted by Gasteiger charge is 2.40. The molecule has 0 aromatic heterocycles. The van der Waals surface area contributed by atoms with Crippen LogP contribution in [0.1, 0.15) is 17.0 Å². The molecular weight excluding hydrogens is 561 g/mol. The Hall–Kier alpha value is -1.89. The number of benzene rings is 2. The molecule has 9 nitrogen and oxygen atoms in total. The van der Waals surface area contributed by atoms with E-state index in [9.17, 15) is 21.6 Å². The molecule has 2 heterocycles. The first kappa shape index (κ1) is 28.1. The smallest absolute Gasteiger partial charge is 0.320 e. The third-order valence-corrected chi connectivity index (χ3v) is 10.1. The largest absolute Gasteiger partial charge is 0.324 e. The summed E-state index contributed by atoms with van der Waals surface area (Å²) in [5.74, 6) is -0.553. The number of halogens is 2. The van der Waals surface area contributed by atoms with E-state index in [1.54, 1.807) is 34.1 Å². The summed E-state index contributed by atoms with van der Waals surface area (Å²) in [4.78, 5) is 16.7. The molecule has 0 radical (unpaired) electrons. The van der Waals surface area contributed by atoms with E-state index in [1.165, 1.54) is 16.4 Å². The van der Waals surface area contributed by atoms with Crippen LogP contribution in [0.4, 0.5) is 4.79 Å². The Labute approximate surface area is 228 Å². The normalized spacial score (nSPS) is 21.4. The molecule has 2 aromatic rings. The van der Waals surface area contributed by atoms with Gasteiger partial charge in [-0.2, -0.15) is 12.7 Å². The van der Waals surface area contributed by atoms with Crippen molar-refractivity contribution in [1.82, 2.24) is 14.1 Å². The predicted octanol–water partition coefficient (Wildman–Crippen LogP) is 3.42. The van der Waals surface area contributed by atoms with Crippen molar-refractivity contribution in [3.05, 3.63) is 63.6 Å². The van der Waals surface area contributed by atoms with Crippen LogP contribution >= 0.6 is 23.2 Å². The molecule has 2 aliphatic heterocycles. The Morgan fingerprint density at radius 1 is 0.919 bits per heavy atom. The minimum absolute atomic E-state index is 0.0684. The van der Waals surface area contributed by atoms with Gasteiger partial charge in [0.15, 0.2) is 0 Å². The van der Waals surface area contributed by atoms with E-state index in [-0.39, 0.29) is 62.1 Å². The first-order chi connectivity index (χ1) is 17.3. The third-order valence-electron chi connectivity index (χ3n) is 6.81. The highest BCUT2D eigenvalue weighted by Crippen LogP contribution is 2.37. The zero-order chi connectivity index (χ0) is 27.0. The number of rotatable bonds is 6. The zero-order valence-electron chi connectivity index (χ0n) is 20.5. The van der Waals surface area contributed by atoms with Crippen molar-refractivity contribution in [2.24, 2.45) is 5.92 Å². The van der Waals surface area contributed by atoms with Gasteiger partial charge < -0.3 is 9.80 Å². The number of piperazine rings is 1. The van der Waals surface area contributed by atoms with Gasteiger partial charge >= 0.3 is 6.03 Å². The highest BCUT2D eigenvalue weighted by atomic mass is 35.5. The fourth-order valence-electron chi connectivity index (χ4n) is 4.68. The lowest BCUT2D eigenvalue weighted by molar-refractivity contribution is 0.139. The van der Waals surface area contributed by atoms with Crippen molar-refractivity contribution in [2.45, 2.75) is 17.7 Å². The number of amides is 2.